The van der Waals surface area contributed by atoms with Crippen molar-refractivity contribution in [1.82, 2.24) is 0 Å². The summed E-state index contributed by atoms with van der Waals surface area (Å²) in [7, 11) is 0. The van der Waals surface area contributed by atoms with E-state index in [2.05, 4.69) is 13.8 Å². The van der Waals surface area contributed by atoms with Crippen LogP contribution in [0.4, 0.5) is 0 Å². The molecule has 0 amide bonds. The van der Waals surface area contributed by atoms with E-state index in [-0.39, 0.29) is 5.41 Å². The molecule has 0 spiro atoms. The number of hydrogen-bond donors (Lipinski definition) is 0. The third-order valence-corrected chi connectivity index (χ3v) is 2.30. The lowest BCUT2D eigenvalue weighted by Crippen LogP contribution is -2.22. The molecule has 0 aromatic heterocycles. The SMILES string of the molecule is CCC[C@H](C)C(C)(C)C=O. The van der Waals surface area contributed by atoms with E-state index in [0.29, 0.717) is 5.92 Å². The molecule has 0 saturated carbocycles. The van der Waals surface area contributed by atoms with E-state index >= 15 is 0 Å². The Bertz CT molecular complexity index is 105. The molecule has 0 aromatic carbocycles. The molecule has 0 unspecified atom stereocenters. The van der Waals surface area contributed by atoms with Crippen LogP contribution in [0.1, 0.15) is 40.5 Å². The van der Waals surface area contributed by atoms with E-state index in [1.54, 1.807) is 0 Å². The lowest BCUT2D eigenvalue weighted by molar-refractivity contribution is -0.116. The third-order valence-electron chi connectivity index (χ3n) is 2.30. The Morgan fingerprint density at radius 1 is 1.50 bits per heavy atom. The fourth-order valence-electron chi connectivity index (χ4n) is 0.921. The molecule has 0 aliphatic carbocycles. The number of aldehydes is 1. The third kappa shape index (κ3) is 2.51. The molecule has 60 valence electrons. The second kappa shape index (κ2) is 3.75. The molecule has 1 nitrogen and oxygen atoms in total. The predicted molar refractivity (Wildman–Crippen MR) is 43.9 cm³/mol. The lowest BCUT2D eigenvalue weighted by Gasteiger charge is -2.24. The van der Waals surface area contributed by atoms with Crippen molar-refractivity contribution in [2.45, 2.75) is 40.5 Å². The van der Waals surface area contributed by atoms with Crippen LogP contribution in [0.15, 0.2) is 0 Å². The molecular formula is C9H18O. The highest BCUT2D eigenvalue weighted by Gasteiger charge is 2.23. The van der Waals surface area contributed by atoms with Crippen LogP contribution in [-0.2, 0) is 4.79 Å². The Hall–Kier alpha value is -0.330. The summed E-state index contributed by atoms with van der Waals surface area (Å²) in [5, 5.41) is 0. The molecular weight excluding hydrogens is 124 g/mol. The van der Waals surface area contributed by atoms with Crippen molar-refractivity contribution in [3.05, 3.63) is 0 Å². The summed E-state index contributed by atoms with van der Waals surface area (Å²) in [6.45, 7) is 8.29. The zero-order chi connectivity index (χ0) is 8.20. The molecule has 10 heavy (non-hydrogen) atoms. The maximum atomic E-state index is 10.5. The number of carbonyl (C=O) groups excluding carboxylic acids is 1. The summed E-state index contributed by atoms with van der Waals surface area (Å²) < 4.78 is 0. The summed E-state index contributed by atoms with van der Waals surface area (Å²) in [6, 6.07) is 0. The fourth-order valence-corrected chi connectivity index (χ4v) is 0.921. The summed E-state index contributed by atoms with van der Waals surface area (Å²) >= 11 is 0. The van der Waals surface area contributed by atoms with E-state index in [4.69, 9.17) is 0 Å². The van der Waals surface area contributed by atoms with Crippen LogP contribution < -0.4 is 0 Å². The van der Waals surface area contributed by atoms with Crippen molar-refractivity contribution in [3.8, 4) is 0 Å². The van der Waals surface area contributed by atoms with Crippen LogP contribution in [-0.4, -0.2) is 6.29 Å². The Labute approximate surface area is 63.8 Å². The molecule has 1 atom stereocenters. The summed E-state index contributed by atoms with van der Waals surface area (Å²) in [5.41, 5.74) is -0.129. The van der Waals surface area contributed by atoms with Gasteiger partial charge in [-0.05, 0) is 5.92 Å². The Morgan fingerprint density at radius 2 is 2.00 bits per heavy atom. The minimum absolute atomic E-state index is 0.129. The summed E-state index contributed by atoms with van der Waals surface area (Å²) in [6.07, 6.45) is 3.37. The molecule has 0 N–H and O–H groups in total. The quantitative estimate of drug-likeness (QED) is 0.551. The second-order valence-electron chi connectivity index (χ2n) is 3.63. The number of carbonyl (C=O) groups is 1. The maximum Gasteiger partial charge on any atom is 0.125 e. The van der Waals surface area contributed by atoms with Gasteiger partial charge in [0.25, 0.3) is 0 Å². The highest BCUT2D eigenvalue weighted by molar-refractivity contribution is 5.58. The smallest absolute Gasteiger partial charge is 0.125 e. The van der Waals surface area contributed by atoms with Crippen LogP contribution in [0, 0.1) is 11.3 Å². The van der Waals surface area contributed by atoms with Gasteiger partial charge in [0.15, 0.2) is 0 Å². The topological polar surface area (TPSA) is 17.1 Å². The summed E-state index contributed by atoms with van der Waals surface area (Å²) in [5.74, 6) is 0.509. The minimum atomic E-state index is -0.129. The van der Waals surface area contributed by atoms with Gasteiger partial charge < -0.3 is 4.79 Å². The zero-order valence-corrected chi connectivity index (χ0v) is 7.48. The van der Waals surface area contributed by atoms with Gasteiger partial charge in [-0.2, -0.15) is 0 Å². The average Bonchev–Trinajstić information content (AvgIpc) is 1.89. The van der Waals surface area contributed by atoms with Gasteiger partial charge in [0.05, 0.1) is 0 Å². The Kier molecular flexibility index (Phi) is 3.62. The van der Waals surface area contributed by atoms with Crippen LogP contribution in [0.3, 0.4) is 0 Å². The molecule has 1 heteroatoms. The normalized spacial score (nSPS) is 14.8. The molecule has 0 aliphatic rings. The minimum Gasteiger partial charge on any atom is -0.303 e. The lowest BCUT2D eigenvalue weighted by atomic mass is 9.79. The first kappa shape index (κ1) is 9.67. The zero-order valence-electron chi connectivity index (χ0n) is 7.48. The monoisotopic (exact) mass is 142 g/mol. The van der Waals surface area contributed by atoms with Crippen molar-refractivity contribution in [2.24, 2.45) is 11.3 Å². The average molecular weight is 142 g/mol. The number of hydrogen-bond acceptors (Lipinski definition) is 1. The van der Waals surface area contributed by atoms with E-state index < -0.39 is 0 Å². The van der Waals surface area contributed by atoms with Crippen LogP contribution in [0.5, 0.6) is 0 Å². The number of rotatable bonds is 4. The second-order valence-corrected chi connectivity index (χ2v) is 3.63. The standard InChI is InChI=1S/C9H18O/c1-5-6-8(2)9(3,4)7-10/h7-8H,5-6H2,1-4H3/t8-/m0/s1. The van der Waals surface area contributed by atoms with Gasteiger partial charge in [0.1, 0.15) is 6.29 Å². The molecule has 0 radical (unpaired) electrons. The van der Waals surface area contributed by atoms with Gasteiger partial charge in [-0.15, -0.1) is 0 Å². The van der Waals surface area contributed by atoms with Crippen molar-refractivity contribution >= 4 is 6.29 Å². The highest BCUT2D eigenvalue weighted by atomic mass is 16.1. The predicted octanol–water partition coefficient (Wildman–Crippen LogP) is 2.65. The van der Waals surface area contributed by atoms with Crippen molar-refractivity contribution < 1.29 is 4.79 Å². The largest absolute Gasteiger partial charge is 0.303 e. The van der Waals surface area contributed by atoms with E-state index in [0.717, 1.165) is 12.7 Å². The first-order valence-corrected chi connectivity index (χ1v) is 4.01. The van der Waals surface area contributed by atoms with Crippen molar-refractivity contribution in [1.29, 1.82) is 0 Å². The van der Waals surface area contributed by atoms with E-state index in [1.165, 1.54) is 6.42 Å². The van der Waals surface area contributed by atoms with Gasteiger partial charge in [-0.3, -0.25) is 0 Å². The van der Waals surface area contributed by atoms with Crippen molar-refractivity contribution in [2.75, 3.05) is 0 Å². The molecule has 0 rings (SSSR count). The first-order chi connectivity index (χ1) is 4.54. The van der Waals surface area contributed by atoms with E-state index in [1.807, 2.05) is 13.8 Å². The van der Waals surface area contributed by atoms with Gasteiger partial charge in [0.2, 0.25) is 0 Å². The van der Waals surface area contributed by atoms with Gasteiger partial charge in [-0.1, -0.05) is 40.5 Å². The van der Waals surface area contributed by atoms with Crippen LogP contribution in [0.2, 0.25) is 0 Å². The molecule has 0 bridgehead atoms. The fraction of sp³-hybridized carbons (Fsp3) is 0.889. The van der Waals surface area contributed by atoms with Gasteiger partial charge in [0, 0.05) is 5.41 Å². The first-order valence-electron chi connectivity index (χ1n) is 4.01. The van der Waals surface area contributed by atoms with E-state index in [9.17, 15) is 4.79 Å². The molecule has 0 heterocycles. The molecule has 0 aromatic rings. The van der Waals surface area contributed by atoms with Gasteiger partial charge in [-0.25, -0.2) is 0 Å². The Balaban J connectivity index is 3.90. The van der Waals surface area contributed by atoms with Crippen molar-refractivity contribution in [3.63, 3.8) is 0 Å². The van der Waals surface area contributed by atoms with Crippen LogP contribution >= 0.6 is 0 Å². The molecule has 0 saturated heterocycles. The molecule has 0 fully saturated rings. The maximum absolute atomic E-state index is 10.5. The summed E-state index contributed by atoms with van der Waals surface area (Å²) in [4.78, 5) is 10.5. The Morgan fingerprint density at radius 3 is 2.30 bits per heavy atom. The molecule has 0 aliphatic heterocycles. The van der Waals surface area contributed by atoms with Crippen LogP contribution in [0.25, 0.3) is 0 Å². The van der Waals surface area contributed by atoms with Gasteiger partial charge >= 0.3 is 0 Å². The highest BCUT2D eigenvalue weighted by Crippen LogP contribution is 2.27.